The fourth-order valence-electron chi connectivity index (χ4n) is 5.68. The first-order valence-electron chi connectivity index (χ1n) is 11.7. The van der Waals surface area contributed by atoms with E-state index < -0.39 is 6.17 Å². The van der Waals surface area contributed by atoms with Crippen LogP contribution in [0.5, 0.6) is 5.75 Å². The van der Waals surface area contributed by atoms with Gasteiger partial charge in [0.25, 0.3) is 0 Å². The van der Waals surface area contributed by atoms with Gasteiger partial charge in [0.05, 0.1) is 24.0 Å². The Morgan fingerprint density at radius 3 is 2.91 bits per heavy atom. The second-order valence-electron chi connectivity index (χ2n) is 9.19. The number of hydrogen-bond donors (Lipinski definition) is 6. The van der Waals surface area contributed by atoms with E-state index in [-0.39, 0.29) is 42.3 Å². The minimum atomic E-state index is -1.02. The van der Waals surface area contributed by atoms with E-state index in [2.05, 4.69) is 32.2 Å². The van der Waals surface area contributed by atoms with Gasteiger partial charge in [0.15, 0.2) is 0 Å². The standard InChI is InChI=1S/C24H32FN5O2/c1-2-13-10-16(32)3-4-17(13)18-5-6-19-22(21(18)25)29-30-23(19)24-27-12-20(28-24)14-9-15(7-8-31)26-11-14/h3-4,9-10,12,15,18-19,21-23,26,29-32H,2,5-8,11H2,1H3,(H,27,28)/t15-,18?,19?,21?,22?,23?/m0/s1. The average Bonchev–Trinajstić information content (AvgIpc) is 3.53. The number of imidazole rings is 1. The molecule has 0 amide bonds. The number of aromatic nitrogens is 2. The summed E-state index contributed by atoms with van der Waals surface area (Å²) in [6.07, 6.45) is 6.10. The molecule has 2 aliphatic heterocycles. The molecule has 0 bridgehead atoms. The SMILES string of the molecule is CCc1cc(O)ccc1C1CCC2C(c3ncc(C4=C[C@H](CCO)NC4)[nH]3)NNC2C1F. The van der Waals surface area contributed by atoms with Crippen molar-refractivity contribution in [3.05, 3.63) is 53.1 Å². The number of nitrogens with zero attached hydrogens (tertiary/aromatic N) is 1. The number of aromatic hydroxyl groups is 1. The zero-order valence-corrected chi connectivity index (χ0v) is 18.3. The normalized spacial score (nSPS) is 32.2. The van der Waals surface area contributed by atoms with Gasteiger partial charge in [0, 0.05) is 31.0 Å². The van der Waals surface area contributed by atoms with E-state index in [4.69, 9.17) is 5.11 Å². The summed E-state index contributed by atoms with van der Waals surface area (Å²) in [5.41, 5.74) is 10.7. The molecule has 5 unspecified atom stereocenters. The summed E-state index contributed by atoms with van der Waals surface area (Å²) in [4.78, 5) is 8.06. The molecule has 0 radical (unpaired) electrons. The van der Waals surface area contributed by atoms with Crippen LogP contribution in [0.2, 0.25) is 0 Å². The smallest absolute Gasteiger partial charge is 0.125 e. The maximum Gasteiger partial charge on any atom is 0.125 e. The van der Waals surface area contributed by atoms with Crippen LogP contribution in [0.15, 0.2) is 30.5 Å². The Labute approximate surface area is 187 Å². The predicted octanol–water partition coefficient (Wildman–Crippen LogP) is 2.46. The molecule has 3 heterocycles. The lowest BCUT2D eigenvalue weighted by Crippen LogP contribution is -2.45. The third-order valence-electron chi connectivity index (χ3n) is 7.37. The van der Waals surface area contributed by atoms with Crippen molar-refractivity contribution in [3.8, 4) is 5.75 Å². The van der Waals surface area contributed by atoms with Crippen LogP contribution in [0.3, 0.4) is 0 Å². The molecule has 1 aromatic heterocycles. The Bertz CT molecular complexity index is 993. The van der Waals surface area contributed by atoms with Gasteiger partial charge >= 0.3 is 0 Å². The molecule has 6 atom stereocenters. The van der Waals surface area contributed by atoms with Crippen molar-refractivity contribution >= 4 is 5.57 Å². The molecule has 7 nitrogen and oxygen atoms in total. The topological polar surface area (TPSA) is 105 Å². The van der Waals surface area contributed by atoms with Gasteiger partial charge in [0.1, 0.15) is 17.7 Å². The van der Waals surface area contributed by atoms with Crippen LogP contribution in [0.4, 0.5) is 4.39 Å². The van der Waals surface area contributed by atoms with Crippen molar-refractivity contribution in [3.63, 3.8) is 0 Å². The molecule has 1 aliphatic carbocycles. The summed E-state index contributed by atoms with van der Waals surface area (Å²) in [6.45, 7) is 2.94. The lowest BCUT2D eigenvalue weighted by atomic mass is 9.71. The molecule has 32 heavy (non-hydrogen) atoms. The van der Waals surface area contributed by atoms with Gasteiger partial charge in [-0.1, -0.05) is 19.1 Å². The van der Waals surface area contributed by atoms with Crippen molar-refractivity contribution in [2.75, 3.05) is 13.2 Å². The van der Waals surface area contributed by atoms with Crippen LogP contribution in [-0.2, 0) is 6.42 Å². The van der Waals surface area contributed by atoms with Gasteiger partial charge in [0.2, 0.25) is 0 Å². The number of aryl methyl sites for hydroxylation is 1. The van der Waals surface area contributed by atoms with E-state index in [1.54, 1.807) is 12.1 Å². The van der Waals surface area contributed by atoms with Gasteiger partial charge in [-0.2, -0.15) is 0 Å². The number of aromatic amines is 1. The number of H-pyrrole nitrogens is 1. The number of phenols is 1. The molecule has 5 rings (SSSR count). The highest BCUT2D eigenvalue weighted by atomic mass is 19.1. The summed E-state index contributed by atoms with van der Waals surface area (Å²) in [5.74, 6) is 1.00. The second-order valence-corrected chi connectivity index (χ2v) is 9.19. The lowest BCUT2D eigenvalue weighted by molar-refractivity contribution is 0.135. The van der Waals surface area contributed by atoms with Crippen molar-refractivity contribution < 1.29 is 14.6 Å². The number of aliphatic hydroxyl groups is 1. The van der Waals surface area contributed by atoms with Crippen molar-refractivity contribution in [1.82, 2.24) is 26.1 Å². The number of fused-ring (bicyclic) bond motifs is 1. The Balaban J connectivity index is 1.31. The van der Waals surface area contributed by atoms with Crippen molar-refractivity contribution in [2.24, 2.45) is 5.92 Å². The molecule has 8 heteroatoms. The molecule has 1 saturated carbocycles. The number of hydrogen-bond acceptors (Lipinski definition) is 6. The third kappa shape index (κ3) is 3.85. The van der Waals surface area contributed by atoms with Crippen molar-refractivity contribution in [2.45, 2.75) is 62.8 Å². The number of hydrazine groups is 1. The van der Waals surface area contributed by atoms with Gasteiger partial charge in [-0.3, -0.25) is 5.43 Å². The predicted molar refractivity (Wildman–Crippen MR) is 121 cm³/mol. The molecule has 172 valence electrons. The molecule has 1 aromatic carbocycles. The van der Waals surface area contributed by atoms with E-state index in [1.807, 2.05) is 19.2 Å². The quantitative estimate of drug-likeness (QED) is 0.412. The molecule has 2 aromatic rings. The first-order chi connectivity index (χ1) is 15.6. The highest BCUT2D eigenvalue weighted by molar-refractivity contribution is 5.66. The fraction of sp³-hybridized carbons (Fsp3) is 0.542. The van der Waals surface area contributed by atoms with Crippen LogP contribution < -0.4 is 16.2 Å². The number of nitrogens with one attached hydrogen (secondary N) is 4. The lowest BCUT2D eigenvalue weighted by Gasteiger charge is -2.36. The third-order valence-corrected chi connectivity index (χ3v) is 7.37. The van der Waals surface area contributed by atoms with E-state index in [9.17, 15) is 5.11 Å². The fourth-order valence-corrected chi connectivity index (χ4v) is 5.68. The minimum Gasteiger partial charge on any atom is -0.508 e. The van der Waals surface area contributed by atoms with Crippen LogP contribution in [-0.4, -0.2) is 51.6 Å². The Morgan fingerprint density at radius 2 is 2.09 bits per heavy atom. The molecule has 2 fully saturated rings. The monoisotopic (exact) mass is 441 g/mol. The van der Waals surface area contributed by atoms with E-state index in [1.165, 1.54) is 0 Å². The van der Waals surface area contributed by atoms with Gasteiger partial charge in [-0.15, -0.1) is 0 Å². The van der Waals surface area contributed by atoms with E-state index in [0.29, 0.717) is 6.42 Å². The largest absolute Gasteiger partial charge is 0.508 e. The number of alkyl halides is 1. The van der Waals surface area contributed by atoms with Crippen LogP contribution >= 0.6 is 0 Å². The Morgan fingerprint density at radius 1 is 1.22 bits per heavy atom. The Hall–Kier alpha value is -2.26. The second kappa shape index (κ2) is 8.94. The van der Waals surface area contributed by atoms with Gasteiger partial charge < -0.3 is 20.5 Å². The summed E-state index contributed by atoms with van der Waals surface area (Å²) < 4.78 is 15.7. The summed E-state index contributed by atoms with van der Waals surface area (Å²) in [5, 5.41) is 22.3. The molecular formula is C24H32FN5O2. The summed E-state index contributed by atoms with van der Waals surface area (Å²) in [7, 11) is 0. The van der Waals surface area contributed by atoms with Crippen LogP contribution in [0.1, 0.15) is 60.8 Å². The van der Waals surface area contributed by atoms with Gasteiger partial charge in [-0.05, 0) is 54.5 Å². The maximum atomic E-state index is 15.7. The first-order valence-corrected chi connectivity index (χ1v) is 11.7. The maximum absolute atomic E-state index is 15.7. The van der Waals surface area contributed by atoms with Gasteiger partial charge in [-0.25, -0.2) is 14.8 Å². The summed E-state index contributed by atoms with van der Waals surface area (Å²) >= 11 is 0. The van der Waals surface area contributed by atoms with Crippen LogP contribution in [0.25, 0.3) is 5.57 Å². The highest BCUT2D eigenvalue weighted by Gasteiger charge is 2.48. The summed E-state index contributed by atoms with van der Waals surface area (Å²) in [6, 6.07) is 5.15. The highest BCUT2D eigenvalue weighted by Crippen LogP contribution is 2.45. The first kappa shape index (κ1) is 21.6. The van der Waals surface area contributed by atoms with Crippen molar-refractivity contribution in [1.29, 1.82) is 0 Å². The number of phenolic OH excluding ortho intramolecular Hbond substituents is 1. The molecule has 6 N–H and O–H groups in total. The number of aliphatic hydroxyl groups excluding tert-OH is 1. The number of rotatable bonds is 6. The molecular weight excluding hydrogens is 409 g/mol. The molecule has 1 saturated heterocycles. The number of halogens is 1. The molecule has 3 aliphatic rings. The minimum absolute atomic E-state index is 0.0679. The zero-order valence-electron chi connectivity index (χ0n) is 18.3. The van der Waals surface area contributed by atoms with E-state index >= 15 is 4.39 Å². The number of benzene rings is 1. The van der Waals surface area contributed by atoms with Crippen LogP contribution in [0, 0.1) is 5.92 Å². The molecule has 0 spiro atoms. The average molecular weight is 442 g/mol. The Kier molecular flexibility index (Phi) is 6.03. The zero-order chi connectivity index (χ0) is 22.2. The van der Waals surface area contributed by atoms with E-state index in [0.717, 1.165) is 54.0 Å².